The molecular weight excluding hydrogens is 268 g/mol. The van der Waals surface area contributed by atoms with Gasteiger partial charge in [-0.2, -0.15) is 0 Å². The van der Waals surface area contributed by atoms with Crippen LogP contribution in [-0.4, -0.2) is 11.5 Å². The summed E-state index contributed by atoms with van der Waals surface area (Å²) in [6, 6.07) is 14.0. The van der Waals surface area contributed by atoms with Crippen LogP contribution in [0.5, 0.6) is 5.75 Å². The highest BCUT2D eigenvalue weighted by Crippen LogP contribution is 2.21. The molecule has 0 spiro atoms. The first-order valence-electron chi connectivity index (χ1n) is 6.82. The third-order valence-corrected chi connectivity index (χ3v) is 3.22. The van der Waals surface area contributed by atoms with Gasteiger partial charge in [0.2, 0.25) is 0 Å². The molecule has 2 aromatic rings. The van der Waals surface area contributed by atoms with Gasteiger partial charge < -0.3 is 10.5 Å². The summed E-state index contributed by atoms with van der Waals surface area (Å²) in [7, 11) is 0. The maximum atomic E-state index is 10.6. The van der Waals surface area contributed by atoms with Crippen molar-refractivity contribution >= 4 is 5.69 Å². The minimum Gasteiger partial charge on any atom is -0.494 e. The van der Waals surface area contributed by atoms with Crippen LogP contribution in [0.3, 0.4) is 0 Å². The topological polar surface area (TPSA) is 78.4 Å². The molecule has 0 amide bonds. The normalized spacial score (nSPS) is 11.9. The minimum atomic E-state index is -0.407. The fourth-order valence-corrected chi connectivity index (χ4v) is 2.10. The molecule has 0 radical (unpaired) electrons. The Bertz CT molecular complexity index is 594. The number of rotatable bonds is 6. The third-order valence-electron chi connectivity index (χ3n) is 3.22. The van der Waals surface area contributed by atoms with Crippen LogP contribution >= 0.6 is 0 Å². The Balaban J connectivity index is 2.03. The maximum absolute atomic E-state index is 10.6. The molecular formula is C16H18N2O3. The van der Waals surface area contributed by atoms with Crippen LogP contribution in [0.2, 0.25) is 0 Å². The molecule has 0 saturated heterocycles. The molecule has 0 bridgehead atoms. The number of ether oxygens (including phenoxy) is 1. The first-order chi connectivity index (χ1) is 10.1. The van der Waals surface area contributed by atoms with Gasteiger partial charge in [-0.3, -0.25) is 10.1 Å². The summed E-state index contributed by atoms with van der Waals surface area (Å²) in [6.07, 6.45) is 0.631. The van der Waals surface area contributed by atoms with Crippen LogP contribution in [0.1, 0.15) is 24.1 Å². The lowest BCUT2D eigenvalue weighted by atomic mass is 9.99. The van der Waals surface area contributed by atoms with Gasteiger partial charge in [-0.15, -0.1) is 0 Å². The lowest BCUT2D eigenvalue weighted by Gasteiger charge is -2.13. The zero-order valence-corrected chi connectivity index (χ0v) is 11.9. The van der Waals surface area contributed by atoms with Gasteiger partial charge in [0.15, 0.2) is 0 Å². The monoisotopic (exact) mass is 286 g/mol. The van der Waals surface area contributed by atoms with E-state index >= 15 is 0 Å². The molecule has 1 unspecified atom stereocenters. The van der Waals surface area contributed by atoms with Crippen molar-refractivity contribution in [3.05, 3.63) is 69.8 Å². The molecule has 0 saturated carbocycles. The predicted octanol–water partition coefficient (Wildman–Crippen LogP) is 3.24. The van der Waals surface area contributed by atoms with Gasteiger partial charge in [0.1, 0.15) is 5.75 Å². The van der Waals surface area contributed by atoms with Crippen LogP contribution in [0, 0.1) is 10.1 Å². The zero-order valence-electron chi connectivity index (χ0n) is 11.9. The summed E-state index contributed by atoms with van der Waals surface area (Å²) in [5.41, 5.74) is 8.25. The minimum absolute atomic E-state index is 0.0911. The second kappa shape index (κ2) is 6.85. The Kier molecular flexibility index (Phi) is 4.90. The zero-order chi connectivity index (χ0) is 15.2. The standard InChI is InChI=1S/C16H18N2O3/c1-2-21-15-9-5-13(6-10-15)16(17)11-12-3-7-14(8-4-12)18(19)20/h3-10,16H,2,11,17H2,1H3. The summed E-state index contributed by atoms with van der Waals surface area (Å²) in [5.74, 6) is 0.823. The van der Waals surface area contributed by atoms with E-state index in [1.54, 1.807) is 12.1 Å². The molecule has 0 aliphatic carbocycles. The fraction of sp³-hybridized carbons (Fsp3) is 0.250. The molecule has 0 aliphatic heterocycles. The van der Waals surface area contributed by atoms with Crippen molar-refractivity contribution < 1.29 is 9.66 Å². The molecule has 2 aromatic carbocycles. The van der Waals surface area contributed by atoms with E-state index in [1.807, 2.05) is 31.2 Å². The first-order valence-corrected chi connectivity index (χ1v) is 6.82. The Morgan fingerprint density at radius 1 is 1.14 bits per heavy atom. The van der Waals surface area contributed by atoms with Crippen molar-refractivity contribution in [2.24, 2.45) is 5.73 Å². The summed E-state index contributed by atoms with van der Waals surface area (Å²) < 4.78 is 5.39. The molecule has 110 valence electrons. The number of nitro benzene ring substituents is 1. The smallest absolute Gasteiger partial charge is 0.269 e. The summed E-state index contributed by atoms with van der Waals surface area (Å²) >= 11 is 0. The number of nitrogens with zero attached hydrogens (tertiary/aromatic N) is 1. The van der Waals surface area contributed by atoms with Gasteiger partial charge in [-0.25, -0.2) is 0 Å². The highest BCUT2D eigenvalue weighted by atomic mass is 16.6. The second-order valence-corrected chi connectivity index (χ2v) is 4.74. The average molecular weight is 286 g/mol. The van der Waals surface area contributed by atoms with Crippen LogP contribution in [0.4, 0.5) is 5.69 Å². The second-order valence-electron chi connectivity index (χ2n) is 4.74. The highest BCUT2D eigenvalue weighted by molar-refractivity contribution is 5.34. The van der Waals surface area contributed by atoms with Crippen molar-refractivity contribution in [2.75, 3.05) is 6.61 Å². The Hall–Kier alpha value is -2.40. The largest absolute Gasteiger partial charge is 0.494 e. The van der Waals surface area contributed by atoms with E-state index in [-0.39, 0.29) is 11.7 Å². The molecule has 1 atom stereocenters. The predicted molar refractivity (Wildman–Crippen MR) is 81.3 cm³/mol. The maximum Gasteiger partial charge on any atom is 0.269 e. The van der Waals surface area contributed by atoms with Gasteiger partial charge in [0, 0.05) is 18.2 Å². The molecule has 0 aliphatic rings. The van der Waals surface area contributed by atoms with E-state index in [0.29, 0.717) is 13.0 Å². The number of hydrogen-bond donors (Lipinski definition) is 1. The van der Waals surface area contributed by atoms with E-state index < -0.39 is 4.92 Å². The van der Waals surface area contributed by atoms with E-state index in [0.717, 1.165) is 16.9 Å². The summed E-state index contributed by atoms with van der Waals surface area (Å²) in [6.45, 7) is 2.57. The summed E-state index contributed by atoms with van der Waals surface area (Å²) in [5, 5.41) is 10.6. The van der Waals surface area contributed by atoms with E-state index in [9.17, 15) is 10.1 Å². The molecule has 0 fully saturated rings. The van der Waals surface area contributed by atoms with Crippen molar-refractivity contribution in [1.82, 2.24) is 0 Å². The number of hydrogen-bond acceptors (Lipinski definition) is 4. The van der Waals surface area contributed by atoms with Crippen LogP contribution < -0.4 is 10.5 Å². The number of nitrogens with two attached hydrogens (primary N) is 1. The van der Waals surface area contributed by atoms with Gasteiger partial charge >= 0.3 is 0 Å². The number of nitro groups is 1. The Labute approximate surface area is 123 Å². The number of benzene rings is 2. The molecule has 5 heteroatoms. The SMILES string of the molecule is CCOc1ccc(C(N)Cc2ccc([N+](=O)[O-])cc2)cc1. The van der Waals surface area contributed by atoms with Crippen LogP contribution in [-0.2, 0) is 6.42 Å². The summed E-state index contributed by atoms with van der Waals surface area (Å²) in [4.78, 5) is 10.2. The average Bonchev–Trinajstić information content (AvgIpc) is 2.49. The van der Waals surface area contributed by atoms with Gasteiger partial charge in [0.25, 0.3) is 5.69 Å². The Morgan fingerprint density at radius 2 is 1.76 bits per heavy atom. The van der Waals surface area contributed by atoms with Crippen molar-refractivity contribution in [3.63, 3.8) is 0 Å². The number of non-ortho nitro benzene ring substituents is 1. The van der Waals surface area contributed by atoms with E-state index in [4.69, 9.17) is 10.5 Å². The highest BCUT2D eigenvalue weighted by Gasteiger charge is 2.09. The molecule has 0 aromatic heterocycles. The molecule has 21 heavy (non-hydrogen) atoms. The van der Waals surface area contributed by atoms with Gasteiger partial charge in [-0.05, 0) is 36.6 Å². The molecule has 5 nitrogen and oxygen atoms in total. The molecule has 2 rings (SSSR count). The fourth-order valence-electron chi connectivity index (χ4n) is 2.10. The van der Waals surface area contributed by atoms with Crippen LogP contribution in [0.25, 0.3) is 0 Å². The third kappa shape index (κ3) is 4.03. The molecule has 0 heterocycles. The van der Waals surface area contributed by atoms with Crippen molar-refractivity contribution in [2.45, 2.75) is 19.4 Å². The molecule has 2 N–H and O–H groups in total. The van der Waals surface area contributed by atoms with Gasteiger partial charge in [0.05, 0.1) is 11.5 Å². The van der Waals surface area contributed by atoms with Crippen molar-refractivity contribution in [3.8, 4) is 5.75 Å². The lowest BCUT2D eigenvalue weighted by Crippen LogP contribution is -2.13. The van der Waals surface area contributed by atoms with E-state index in [1.165, 1.54) is 12.1 Å². The van der Waals surface area contributed by atoms with Gasteiger partial charge in [-0.1, -0.05) is 24.3 Å². The quantitative estimate of drug-likeness (QED) is 0.653. The lowest BCUT2D eigenvalue weighted by molar-refractivity contribution is -0.384. The Morgan fingerprint density at radius 3 is 2.29 bits per heavy atom. The first kappa shape index (κ1) is 15.0. The van der Waals surface area contributed by atoms with Crippen molar-refractivity contribution in [1.29, 1.82) is 0 Å². The van der Waals surface area contributed by atoms with E-state index in [2.05, 4.69) is 0 Å². The van der Waals surface area contributed by atoms with Crippen LogP contribution in [0.15, 0.2) is 48.5 Å².